The second-order valence-electron chi connectivity index (χ2n) is 8.16. The third-order valence-corrected chi connectivity index (χ3v) is 8.18. The minimum Gasteiger partial charge on any atom is -0.743 e. The molecular weight excluding hydrogens is 374 g/mol. The summed E-state index contributed by atoms with van der Waals surface area (Å²) >= 11 is 0. The van der Waals surface area contributed by atoms with Gasteiger partial charge in [0.15, 0.2) is 10.1 Å². The molecule has 0 N–H and O–H groups in total. The van der Waals surface area contributed by atoms with Crippen LogP contribution in [0.1, 0.15) is 32.1 Å². The van der Waals surface area contributed by atoms with Crippen LogP contribution in [-0.2, 0) is 10.1 Å². The van der Waals surface area contributed by atoms with Crippen molar-refractivity contribution in [3.63, 3.8) is 0 Å². The molecule has 25 heavy (non-hydrogen) atoms. The van der Waals surface area contributed by atoms with E-state index in [1.165, 1.54) is 0 Å². The Morgan fingerprint density at radius 3 is 1.92 bits per heavy atom. The molecule has 0 aliphatic heterocycles. The molecule has 0 saturated heterocycles. The van der Waals surface area contributed by atoms with Crippen LogP contribution in [0.15, 0.2) is 0 Å². The summed E-state index contributed by atoms with van der Waals surface area (Å²) < 4.78 is 115. The van der Waals surface area contributed by atoms with Gasteiger partial charge in [-0.2, -0.15) is 26.3 Å². The highest BCUT2D eigenvalue weighted by Gasteiger charge is 2.79. The third-order valence-electron chi connectivity index (χ3n) is 7.30. The van der Waals surface area contributed by atoms with Crippen LogP contribution in [0.2, 0.25) is 0 Å². The summed E-state index contributed by atoms with van der Waals surface area (Å²) in [5.41, 5.74) is 0. The molecule has 4 rings (SSSR count). The van der Waals surface area contributed by atoms with Gasteiger partial charge in [0, 0.05) is 5.92 Å². The van der Waals surface area contributed by atoms with E-state index < -0.39 is 39.1 Å². The Kier molecular flexibility index (Phi) is 3.47. The van der Waals surface area contributed by atoms with Gasteiger partial charge in [-0.1, -0.05) is 0 Å². The third kappa shape index (κ3) is 2.01. The van der Waals surface area contributed by atoms with E-state index in [0.717, 1.165) is 19.3 Å². The molecule has 0 aromatic carbocycles. The molecule has 144 valence electrons. The lowest BCUT2D eigenvalue weighted by Gasteiger charge is -2.44. The summed E-state index contributed by atoms with van der Waals surface area (Å²) in [6, 6.07) is 0. The molecule has 4 aliphatic carbocycles. The van der Waals surface area contributed by atoms with Crippen molar-refractivity contribution in [2.75, 3.05) is 0 Å². The van der Waals surface area contributed by atoms with Crippen LogP contribution < -0.4 is 0 Å². The molecule has 0 radical (unpaired) electrons. The second-order valence-corrected chi connectivity index (χ2v) is 9.58. The van der Waals surface area contributed by atoms with Crippen LogP contribution in [0.4, 0.5) is 26.3 Å². The Hall–Kier alpha value is -0.510. The number of alkyl halides is 6. The summed E-state index contributed by atoms with van der Waals surface area (Å²) in [6.07, 6.45) is 2.71. The van der Waals surface area contributed by atoms with Crippen LogP contribution in [0, 0.1) is 41.4 Å². The minimum atomic E-state index is -6.92. The van der Waals surface area contributed by atoms with Crippen LogP contribution >= 0.6 is 0 Å². The maximum absolute atomic E-state index is 14.5. The second kappa shape index (κ2) is 4.85. The number of hydrogen-bond donors (Lipinski definition) is 0. The summed E-state index contributed by atoms with van der Waals surface area (Å²) in [7, 11) is -6.92. The van der Waals surface area contributed by atoms with Crippen molar-refractivity contribution in [3.05, 3.63) is 0 Å². The molecule has 0 amide bonds. The number of hydrogen-bond acceptors (Lipinski definition) is 3. The number of fused-ring (bicyclic) bond motifs is 9. The Morgan fingerprint density at radius 1 is 0.800 bits per heavy atom. The highest BCUT2D eigenvalue weighted by Crippen LogP contribution is 2.71. The topological polar surface area (TPSA) is 57.2 Å². The van der Waals surface area contributed by atoms with Gasteiger partial charge in [0.1, 0.15) is 0 Å². The lowest BCUT2D eigenvalue weighted by molar-refractivity contribution is -0.306. The van der Waals surface area contributed by atoms with Gasteiger partial charge in [0.05, 0.1) is 0 Å². The summed E-state index contributed by atoms with van der Waals surface area (Å²) in [6.45, 7) is 0. The van der Waals surface area contributed by atoms with Gasteiger partial charge in [-0.3, -0.25) is 0 Å². The van der Waals surface area contributed by atoms with Gasteiger partial charge in [-0.15, -0.1) is 0 Å². The van der Waals surface area contributed by atoms with Crippen molar-refractivity contribution < 1.29 is 39.3 Å². The fourth-order valence-corrected chi connectivity index (χ4v) is 7.02. The Balaban J connectivity index is 1.66. The van der Waals surface area contributed by atoms with Gasteiger partial charge < -0.3 is 4.55 Å². The lowest BCUT2D eigenvalue weighted by atomic mass is 9.65. The molecule has 0 aromatic rings. The van der Waals surface area contributed by atoms with Crippen LogP contribution in [0.5, 0.6) is 0 Å². The van der Waals surface area contributed by atoms with Gasteiger partial charge in [0.25, 0.3) is 0 Å². The van der Waals surface area contributed by atoms with E-state index in [1.807, 2.05) is 0 Å². The van der Waals surface area contributed by atoms with E-state index in [4.69, 9.17) is 0 Å². The maximum Gasteiger partial charge on any atom is 0.402 e. The summed E-state index contributed by atoms with van der Waals surface area (Å²) in [4.78, 5) is 0. The molecule has 4 saturated carbocycles. The average Bonchev–Trinajstić information content (AvgIpc) is 3.23. The van der Waals surface area contributed by atoms with Crippen molar-refractivity contribution in [1.29, 1.82) is 0 Å². The summed E-state index contributed by atoms with van der Waals surface area (Å²) in [5, 5.41) is -6.35. The van der Waals surface area contributed by atoms with E-state index in [2.05, 4.69) is 0 Å². The molecule has 0 aromatic heterocycles. The Labute approximate surface area is 140 Å². The molecule has 0 spiro atoms. The highest BCUT2D eigenvalue weighted by molar-refractivity contribution is 7.86. The van der Waals surface area contributed by atoms with Crippen LogP contribution in [0.3, 0.4) is 0 Å². The quantitative estimate of drug-likeness (QED) is 0.417. The van der Waals surface area contributed by atoms with Crippen molar-refractivity contribution in [3.8, 4) is 0 Å². The zero-order valence-electron chi connectivity index (χ0n) is 13.0. The Morgan fingerprint density at radius 2 is 1.36 bits per heavy atom. The van der Waals surface area contributed by atoms with Gasteiger partial charge in [-0.05, 0) is 67.6 Å². The van der Waals surface area contributed by atoms with Crippen molar-refractivity contribution >= 4 is 10.1 Å². The fourth-order valence-electron chi connectivity index (χ4n) is 6.57. The molecular formula is C15H17F6O3S-. The van der Waals surface area contributed by atoms with Gasteiger partial charge in [-0.25, -0.2) is 8.42 Å². The molecule has 3 nitrogen and oxygen atoms in total. The molecule has 4 bridgehead atoms. The zero-order valence-corrected chi connectivity index (χ0v) is 13.8. The zero-order chi connectivity index (χ0) is 18.6. The first kappa shape index (κ1) is 17.9. The molecule has 7 atom stereocenters. The monoisotopic (exact) mass is 391 g/mol. The molecule has 4 aliphatic rings. The molecule has 10 heteroatoms. The largest absolute Gasteiger partial charge is 0.743 e. The van der Waals surface area contributed by atoms with Crippen molar-refractivity contribution in [2.45, 2.75) is 49.2 Å². The summed E-state index contributed by atoms with van der Waals surface area (Å²) in [5.74, 6) is -13.9. The van der Waals surface area contributed by atoms with E-state index in [-0.39, 0.29) is 30.1 Å². The lowest BCUT2D eigenvalue weighted by Crippen LogP contribution is -2.61. The van der Waals surface area contributed by atoms with Crippen LogP contribution in [-0.4, -0.2) is 30.1 Å². The number of rotatable bonds is 4. The standard InChI is InChI=1S/C15H18F6O3S/c16-13(17,14(18,19)15(20,21)25(22,23)24)10-5-8-4-9(10)12-7-2-1-6(3-7)11(8)12/h6-12H,1-5H2,(H,22,23,24)/p-1. The SMILES string of the molecule is O=S(=O)([O-])C(F)(F)C(F)(F)C(F)(F)C1CC2CC1C1C3CCC(C3)C21. The van der Waals surface area contributed by atoms with Crippen LogP contribution in [0.25, 0.3) is 0 Å². The van der Waals surface area contributed by atoms with Crippen molar-refractivity contribution in [2.24, 2.45) is 41.4 Å². The first-order valence-corrected chi connectivity index (χ1v) is 9.80. The van der Waals surface area contributed by atoms with E-state index in [1.54, 1.807) is 0 Å². The first-order valence-electron chi connectivity index (χ1n) is 8.39. The predicted octanol–water partition coefficient (Wildman–Crippen LogP) is 3.71. The van der Waals surface area contributed by atoms with Gasteiger partial charge in [0.2, 0.25) is 0 Å². The predicted molar refractivity (Wildman–Crippen MR) is 72.1 cm³/mol. The average molecular weight is 391 g/mol. The molecule has 0 heterocycles. The molecule has 7 unspecified atom stereocenters. The van der Waals surface area contributed by atoms with E-state index in [9.17, 15) is 39.3 Å². The van der Waals surface area contributed by atoms with E-state index in [0.29, 0.717) is 12.3 Å². The highest BCUT2D eigenvalue weighted by atomic mass is 32.2. The molecule has 4 fully saturated rings. The number of halogens is 6. The normalized spacial score (nSPS) is 43.7. The smallest absolute Gasteiger partial charge is 0.402 e. The van der Waals surface area contributed by atoms with E-state index >= 15 is 0 Å². The van der Waals surface area contributed by atoms with Gasteiger partial charge >= 0.3 is 17.1 Å². The maximum atomic E-state index is 14.5. The first-order chi connectivity index (χ1) is 11.3. The van der Waals surface area contributed by atoms with Crippen molar-refractivity contribution in [1.82, 2.24) is 0 Å². The Bertz CT molecular complexity index is 693. The fraction of sp³-hybridized carbons (Fsp3) is 1.00. The minimum absolute atomic E-state index is 0.165.